The summed E-state index contributed by atoms with van der Waals surface area (Å²) >= 11 is 0. The van der Waals surface area contributed by atoms with Crippen LogP contribution in [0.15, 0.2) is 40.9 Å². The minimum absolute atomic E-state index is 0.143. The fourth-order valence-electron chi connectivity index (χ4n) is 3.12. The third-order valence-corrected chi connectivity index (χ3v) is 4.57. The summed E-state index contributed by atoms with van der Waals surface area (Å²) in [7, 11) is 4.13. The Kier molecular flexibility index (Phi) is 5.83. The summed E-state index contributed by atoms with van der Waals surface area (Å²) in [6.45, 7) is 3.46. The molecule has 1 saturated heterocycles. The standard InChI is InChI=1S/C19H26N4O2/c1-22-10-8-16(9-11-22)20-19(24)18-12-17(25-21-18)14-23(2)13-15-6-4-3-5-7-15/h3-7,12,16H,8-11,13-14H2,1-2H3,(H,20,24). The number of aromatic nitrogens is 1. The van der Waals surface area contributed by atoms with Crippen molar-refractivity contribution in [3.05, 3.63) is 53.4 Å². The molecule has 1 amide bonds. The highest BCUT2D eigenvalue weighted by Crippen LogP contribution is 2.12. The monoisotopic (exact) mass is 342 g/mol. The number of benzene rings is 1. The summed E-state index contributed by atoms with van der Waals surface area (Å²) in [6, 6.07) is 12.2. The van der Waals surface area contributed by atoms with Crippen molar-refractivity contribution in [2.75, 3.05) is 27.2 Å². The van der Waals surface area contributed by atoms with Crippen LogP contribution >= 0.6 is 0 Å². The normalized spacial score (nSPS) is 16.3. The molecule has 2 heterocycles. The zero-order chi connectivity index (χ0) is 17.6. The molecule has 1 fully saturated rings. The van der Waals surface area contributed by atoms with Gasteiger partial charge in [0, 0.05) is 18.7 Å². The first-order valence-electron chi connectivity index (χ1n) is 8.77. The second-order valence-corrected chi connectivity index (χ2v) is 6.89. The molecule has 0 spiro atoms. The maximum Gasteiger partial charge on any atom is 0.273 e. The molecular formula is C19H26N4O2. The van der Waals surface area contributed by atoms with Crippen LogP contribution in [0.4, 0.5) is 0 Å². The van der Waals surface area contributed by atoms with Crippen molar-refractivity contribution in [2.45, 2.75) is 32.0 Å². The highest BCUT2D eigenvalue weighted by atomic mass is 16.5. The van der Waals surface area contributed by atoms with E-state index in [4.69, 9.17) is 4.52 Å². The van der Waals surface area contributed by atoms with E-state index in [0.29, 0.717) is 18.0 Å². The molecule has 1 aromatic carbocycles. The predicted molar refractivity (Wildman–Crippen MR) is 96.1 cm³/mol. The second kappa shape index (κ2) is 8.27. The fraction of sp³-hybridized carbons (Fsp3) is 0.474. The van der Waals surface area contributed by atoms with Crippen LogP contribution in [0.25, 0.3) is 0 Å². The van der Waals surface area contributed by atoms with E-state index in [-0.39, 0.29) is 11.9 Å². The Balaban J connectivity index is 1.50. The topological polar surface area (TPSA) is 61.6 Å². The van der Waals surface area contributed by atoms with Gasteiger partial charge in [-0.1, -0.05) is 35.5 Å². The lowest BCUT2D eigenvalue weighted by Gasteiger charge is -2.29. The molecule has 0 unspecified atom stereocenters. The summed E-state index contributed by atoms with van der Waals surface area (Å²) < 4.78 is 5.34. The lowest BCUT2D eigenvalue weighted by atomic mass is 10.1. The molecule has 2 aromatic rings. The van der Waals surface area contributed by atoms with Crippen LogP contribution in [-0.4, -0.2) is 54.1 Å². The first kappa shape index (κ1) is 17.6. The quantitative estimate of drug-likeness (QED) is 0.871. The van der Waals surface area contributed by atoms with Crippen molar-refractivity contribution >= 4 is 5.91 Å². The molecule has 6 heteroatoms. The van der Waals surface area contributed by atoms with Crippen LogP contribution in [0.1, 0.15) is 34.7 Å². The average molecular weight is 342 g/mol. The maximum absolute atomic E-state index is 12.3. The van der Waals surface area contributed by atoms with Crippen LogP contribution in [-0.2, 0) is 13.1 Å². The fourth-order valence-corrected chi connectivity index (χ4v) is 3.12. The minimum atomic E-state index is -0.143. The van der Waals surface area contributed by atoms with Gasteiger partial charge < -0.3 is 14.7 Å². The molecule has 0 saturated carbocycles. The Morgan fingerprint density at radius 1 is 1.28 bits per heavy atom. The zero-order valence-electron chi connectivity index (χ0n) is 14.9. The van der Waals surface area contributed by atoms with Crippen molar-refractivity contribution in [3.8, 4) is 0 Å². The van der Waals surface area contributed by atoms with Crippen LogP contribution in [0, 0.1) is 0 Å². The van der Waals surface area contributed by atoms with Gasteiger partial charge in [0.2, 0.25) is 0 Å². The SMILES string of the molecule is CN1CCC(NC(=O)c2cc(CN(C)Cc3ccccc3)on2)CC1. The van der Waals surface area contributed by atoms with Crippen LogP contribution in [0.3, 0.4) is 0 Å². The number of piperidine rings is 1. The van der Waals surface area contributed by atoms with Crippen LogP contribution in [0.2, 0.25) is 0 Å². The lowest BCUT2D eigenvalue weighted by molar-refractivity contribution is 0.0907. The van der Waals surface area contributed by atoms with Gasteiger partial charge in [0.1, 0.15) is 0 Å². The van der Waals surface area contributed by atoms with Crippen LogP contribution in [0.5, 0.6) is 0 Å². The zero-order valence-corrected chi connectivity index (χ0v) is 14.9. The number of hydrogen-bond donors (Lipinski definition) is 1. The van der Waals surface area contributed by atoms with Crippen LogP contribution < -0.4 is 5.32 Å². The number of hydrogen-bond acceptors (Lipinski definition) is 5. The molecular weight excluding hydrogens is 316 g/mol. The number of likely N-dealkylation sites (tertiary alicyclic amines) is 1. The number of carbonyl (C=O) groups excluding carboxylic acids is 1. The van der Waals surface area contributed by atoms with Crippen molar-refractivity contribution in [1.82, 2.24) is 20.3 Å². The summed E-state index contributed by atoms with van der Waals surface area (Å²) in [5.41, 5.74) is 1.60. The van der Waals surface area contributed by atoms with E-state index in [1.807, 2.05) is 25.2 Å². The van der Waals surface area contributed by atoms with E-state index >= 15 is 0 Å². The summed E-state index contributed by atoms with van der Waals surface area (Å²) in [5.74, 6) is 0.558. The van der Waals surface area contributed by atoms with Crippen molar-refractivity contribution < 1.29 is 9.32 Å². The number of nitrogens with one attached hydrogen (secondary N) is 1. The minimum Gasteiger partial charge on any atom is -0.359 e. The van der Waals surface area contributed by atoms with Crippen molar-refractivity contribution in [2.24, 2.45) is 0 Å². The van der Waals surface area contributed by atoms with E-state index in [9.17, 15) is 4.79 Å². The molecule has 0 aliphatic carbocycles. The van der Waals surface area contributed by atoms with E-state index in [2.05, 4.69) is 39.5 Å². The number of amides is 1. The third kappa shape index (κ3) is 5.14. The maximum atomic E-state index is 12.3. The highest BCUT2D eigenvalue weighted by Gasteiger charge is 2.21. The molecule has 0 bridgehead atoms. The number of carbonyl (C=O) groups is 1. The van der Waals surface area contributed by atoms with Crippen molar-refractivity contribution in [3.63, 3.8) is 0 Å². The lowest BCUT2D eigenvalue weighted by Crippen LogP contribution is -2.43. The molecule has 0 radical (unpaired) electrons. The van der Waals surface area contributed by atoms with Crippen molar-refractivity contribution in [1.29, 1.82) is 0 Å². The average Bonchev–Trinajstić information content (AvgIpc) is 3.06. The van der Waals surface area contributed by atoms with E-state index in [0.717, 1.165) is 32.5 Å². The first-order valence-corrected chi connectivity index (χ1v) is 8.77. The van der Waals surface area contributed by atoms with Gasteiger partial charge in [-0.05, 0) is 45.6 Å². The van der Waals surface area contributed by atoms with E-state index in [1.54, 1.807) is 6.07 Å². The Morgan fingerprint density at radius 2 is 2.00 bits per heavy atom. The summed E-state index contributed by atoms with van der Waals surface area (Å²) in [6.07, 6.45) is 1.96. The Morgan fingerprint density at radius 3 is 2.72 bits per heavy atom. The second-order valence-electron chi connectivity index (χ2n) is 6.89. The molecule has 1 aromatic heterocycles. The third-order valence-electron chi connectivity index (χ3n) is 4.57. The van der Waals surface area contributed by atoms with E-state index in [1.165, 1.54) is 5.56 Å². The molecule has 25 heavy (non-hydrogen) atoms. The first-order chi connectivity index (χ1) is 12.1. The molecule has 1 aliphatic rings. The molecule has 1 aliphatic heterocycles. The van der Waals surface area contributed by atoms with Gasteiger partial charge in [0.05, 0.1) is 6.54 Å². The summed E-state index contributed by atoms with van der Waals surface area (Å²) in [4.78, 5) is 16.7. The predicted octanol–water partition coefficient (Wildman–Crippen LogP) is 2.13. The molecule has 6 nitrogen and oxygen atoms in total. The Labute approximate surface area is 148 Å². The largest absolute Gasteiger partial charge is 0.359 e. The van der Waals surface area contributed by atoms with Gasteiger partial charge >= 0.3 is 0 Å². The molecule has 1 N–H and O–H groups in total. The van der Waals surface area contributed by atoms with Gasteiger partial charge in [-0.2, -0.15) is 0 Å². The Hall–Kier alpha value is -2.18. The van der Waals surface area contributed by atoms with Gasteiger partial charge in [-0.25, -0.2) is 0 Å². The molecule has 3 rings (SSSR count). The van der Waals surface area contributed by atoms with Gasteiger partial charge in [0.25, 0.3) is 5.91 Å². The van der Waals surface area contributed by atoms with Gasteiger partial charge in [-0.3, -0.25) is 9.69 Å². The van der Waals surface area contributed by atoms with E-state index < -0.39 is 0 Å². The smallest absolute Gasteiger partial charge is 0.273 e. The molecule has 134 valence electrons. The summed E-state index contributed by atoms with van der Waals surface area (Å²) in [5, 5.41) is 6.99. The Bertz CT molecular complexity index is 678. The number of rotatable bonds is 6. The highest BCUT2D eigenvalue weighted by molar-refractivity contribution is 5.92. The molecule has 0 atom stereocenters. The van der Waals surface area contributed by atoms with Gasteiger partial charge in [-0.15, -0.1) is 0 Å². The van der Waals surface area contributed by atoms with Gasteiger partial charge in [0.15, 0.2) is 11.5 Å². The number of nitrogens with zero attached hydrogens (tertiary/aromatic N) is 3.